The Labute approximate surface area is 147 Å². The van der Waals surface area contributed by atoms with Crippen molar-refractivity contribution in [2.45, 2.75) is 63.6 Å². The van der Waals surface area contributed by atoms with E-state index in [9.17, 15) is 18.0 Å². The molecule has 4 nitrogen and oxygen atoms in total. The Morgan fingerprint density at radius 2 is 1.80 bits per heavy atom. The number of likely N-dealkylation sites (tertiary alicyclic amines) is 1. The minimum atomic E-state index is -4.39. The van der Waals surface area contributed by atoms with Gasteiger partial charge in [0.05, 0.1) is 6.61 Å². The number of hydrogen-bond donors (Lipinski definition) is 1. The van der Waals surface area contributed by atoms with Crippen molar-refractivity contribution in [2.75, 3.05) is 26.8 Å². The topological polar surface area (TPSA) is 41.6 Å². The van der Waals surface area contributed by atoms with Gasteiger partial charge in [0, 0.05) is 25.6 Å². The highest BCUT2D eigenvalue weighted by molar-refractivity contribution is 5.76. The van der Waals surface area contributed by atoms with Gasteiger partial charge in [-0.1, -0.05) is 25.7 Å². The van der Waals surface area contributed by atoms with Crippen molar-refractivity contribution < 1.29 is 22.7 Å². The van der Waals surface area contributed by atoms with E-state index in [-0.39, 0.29) is 5.41 Å². The number of rotatable bonds is 5. The number of halogens is 3. The second kappa shape index (κ2) is 7.33. The van der Waals surface area contributed by atoms with Gasteiger partial charge in [-0.2, -0.15) is 13.2 Å². The summed E-state index contributed by atoms with van der Waals surface area (Å²) < 4.78 is 45.7. The Balaban J connectivity index is 1.58. The van der Waals surface area contributed by atoms with Crippen LogP contribution in [0.5, 0.6) is 0 Å². The largest absolute Gasteiger partial charge is 0.408 e. The first-order valence-corrected chi connectivity index (χ1v) is 9.47. The van der Waals surface area contributed by atoms with Crippen LogP contribution < -0.4 is 5.32 Å². The Bertz CT molecular complexity index is 467. The molecule has 1 heterocycles. The average molecular weight is 362 g/mol. The van der Waals surface area contributed by atoms with Gasteiger partial charge in [-0.15, -0.1) is 0 Å². The molecule has 1 aliphatic heterocycles. The minimum absolute atomic E-state index is 0.0527. The van der Waals surface area contributed by atoms with Crippen LogP contribution in [0.3, 0.4) is 0 Å². The van der Waals surface area contributed by atoms with E-state index in [1.807, 2.05) is 0 Å². The molecule has 1 unspecified atom stereocenters. The Hall–Kier alpha value is -0.980. The fourth-order valence-corrected chi connectivity index (χ4v) is 4.79. The molecular weight excluding hydrogens is 333 g/mol. The number of nitrogens with one attached hydrogen (secondary N) is 1. The van der Waals surface area contributed by atoms with Gasteiger partial charge in [0.25, 0.3) is 0 Å². The number of amides is 2. The second-order valence-corrected chi connectivity index (χ2v) is 8.15. The van der Waals surface area contributed by atoms with Crippen LogP contribution in [0.25, 0.3) is 0 Å². The van der Waals surface area contributed by atoms with Crippen molar-refractivity contribution in [2.24, 2.45) is 17.3 Å². The third-order valence-electron chi connectivity index (χ3n) is 6.45. The maximum absolute atomic E-state index is 13.5. The van der Waals surface area contributed by atoms with Gasteiger partial charge in [-0.25, -0.2) is 4.79 Å². The highest BCUT2D eigenvalue weighted by Crippen LogP contribution is 2.48. The zero-order chi connectivity index (χ0) is 18.1. The molecule has 0 aromatic rings. The van der Waals surface area contributed by atoms with Crippen LogP contribution in [0.2, 0.25) is 0 Å². The smallest absolute Gasteiger partial charge is 0.384 e. The lowest BCUT2D eigenvalue weighted by atomic mass is 9.61. The number of hydrogen-bond acceptors (Lipinski definition) is 2. The molecule has 3 rings (SSSR count). The molecule has 1 saturated heterocycles. The number of carbonyl (C=O) groups is 1. The van der Waals surface area contributed by atoms with Gasteiger partial charge >= 0.3 is 12.2 Å². The van der Waals surface area contributed by atoms with E-state index in [2.05, 4.69) is 5.32 Å². The highest BCUT2D eigenvalue weighted by atomic mass is 19.4. The van der Waals surface area contributed by atoms with Crippen LogP contribution >= 0.6 is 0 Å². The quantitative estimate of drug-likeness (QED) is 0.804. The first kappa shape index (κ1) is 18.8. The molecule has 2 amide bonds. The third kappa shape index (κ3) is 3.91. The molecule has 1 N–H and O–H groups in total. The molecule has 3 fully saturated rings. The first-order chi connectivity index (χ1) is 11.9. The monoisotopic (exact) mass is 362 g/mol. The minimum Gasteiger partial charge on any atom is -0.384 e. The molecule has 2 aliphatic carbocycles. The molecule has 1 atom stereocenters. The Morgan fingerprint density at radius 1 is 1.16 bits per heavy atom. The maximum Gasteiger partial charge on any atom is 0.408 e. The zero-order valence-electron chi connectivity index (χ0n) is 14.9. The lowest BCUT2D eigenvalue weighted by molar-refractivity contribution is -0.169. The number of ether oxygens (including phenoxy) is 1. The molecule has 0 aromatic heterocycles. The van der Waals surface area contributed by atoms with Crippen LogP contribution in [0.1, 0.15) is 51.4 Å². The summed E-state index contributed by atoms with van der Waals surface area (Å²) in [5, 5.41) is 2.30. The molecule has 2 saturated carbocycles. The molecule has 0 bridgehead atoms. The normalized spacial score (nSPS) is 25.8. The van der Waals surface area contributed by atoms with E-state index >= 15 is 0 Å². The van der Waals surface area contributed by atoms with E-state index in [1.54, 1.807) is 7.11 Å². The number of nitrogens with zero attached hydrogens (tertiary/aromatic N) is 1. The summed E-state index contributed by atoms with van der Waals surface area (Å²) >= 11 is 0. The standard InChI is InChI=1S/C18H29F3N2O2/c1-25-12-17(14-8-5-9-14)10-23(11-17)16(24)22-15(18(19,20)21)13-6-3-2-4-7-13/h13-15H,2-12H2,1H3,(H,22,24). The highest BCUT2D eigenvalue weighted by Gasteiger charge is 2.53. The second-order valence-electron chi connectivity index (χ2n) is 8.15. The van der Waals surface area contributed by atoms with Crippen LogP contribution in [0.15, 0.2) is 0 Å². The van der Waals surface area contributed by atoms with Gasteiger partial charge < -0.3 is 15.0 Å². The molecule has 3 aliphatic rings. The zero-order valence-corrected chi connectivity index (χ0v) is 14.9. The summed E-state index contributed by atoms with van der Waals surface area (Å²) in [6.07, 6.45) is 2.77. The molecule has 144 valence electrons. The summed E-state index contributed by atoms with van der Waals surface area (Å²) in [5.74, 6) is 0.0441. The van der Waals surface area contributed by atoms with Crippen molar-refractivity contribution in [3.8, 4) is 0 Å². The number of methoxy groups -OCH3 is 1. The Morgan fingerprint density at radius 3 is 2.28 bits per heavy atom. The molecule has 7 heteroatoms. The molecular formula is C18H29F3N2O2. The lowest BCUT2D eigenvalue weighted by Gasteiger charge is -2.56. The maximum atomic E-state index is 13.5. The SMILES string of the molecule is COCC1(C2CCC2)CN(C(=O)NC(C2CCCCC2)C(F)(F)F)C1. The van der Waals surface area contributed by atoms with Gasteiger partial charge in [0.15, 0.2) is 0 Å². The van der Waals surface area contributed by atoms with Crippen molar-refractivity contribution in [3.63, 3.8) is 0 Å². The summed E-state index contributed by atoms with van der Waals surface area (Å²) in [6, 6.07) is -2.29. The summed E-state index contributed by atoms with van der Waals surface area (Å²) in [6.45, 7) is 1.59. The molecule has 0 radical (unpaired) electrons. The van der Waals surface area contributed by atoms with Gasteiger partial charge in [-0.3, -0.25) is 0 Å². The van der Waals surface area contributed by atoms with Gasteiger partial charge in [0.1, 0.15) is 6.04 Å². The molecule has 25 heavy (non-hydrogen) atoms. The van der Waals surface area contributed by atoms with Crippen molar-refractivity contribution in [1.29, 1.82) is 0 Å². The van der Waals surface area contributed by atoms with Crippen LogP contribution in [0, 0.1) is 17.3 Å². The van der Waals surface area contributed by atoms with E-state index < -0.39 is 24.2 Å². The number of alkyl halides is 3. The van der Waals surface area contributed by atoms with Crippen molar-refractivity contribution >= 4 is 6.03 Å². The fourth-order valence-electron chi connectivity index (χ4n) is 4.79. The van der Waals surface area contributed by atoms with Gasteiger partial charge in [0.2, 0.25) is 0 Å². The molecule has 0 aromatic carbocycles. The van der Waals surface area contributed by atoms with E-state index in [0.29, 0.717) is 38.5 Å². The van der Waals surface area contributed by atoms with Gasteiger partial charge in [-0.05, 0) is 37.5 Å². The number of urea groups is 1. The predicted octanol–water partition coefficient (Wildman–Crippen LogP) is 3.96. The van der Waals surface area contributed by atoms with E-state index in [4.69, 9.17) is 4.74 Å². The summed E-state index contributed by atoms with van der Waals surface area (Å²) in [7, 11) is 1.64. The van der Waals surface area contributed by atoms with E-state index in [1.165, 1.54) is 11.3 Å². The number of carbonyl (C=O) groups excluding carboxylic acids is 1. The third-order valence-corrected chi connectivity index (χ3v) is 6.45. The fraction of sp³-hybridized carbons (Fsp3) is 0.944. The summed E-state index contributed by atoms with van der Waals surface area (Å²) in [5.41, 5.74) is -0.0527. The van der Waals surface area contributed by atoms with Crippen LogP contribution in [-0.2, 0) is 4.74 Å². The average Bonchev–Trinajstić information content (AvgIpc) is 2.47. The molecule has 0 spiro atoms. The predicted molar refractivity (Wildman–Crippen MR) is 88.2 cm³/mol. The van der Waals surface area contributed by atoms with Crippen molar-refractivity contribution in [3.05, 3.63) is 0 Å². The summed E-state index contributed by atoms with van der Waals surface area (Å²) in [4.78, 5) is 13.9. The first-order valence-electron chi connectivity index (χ1n) is 9.47. The lowest BCUT2D eigenvalue weighted by Crippen LogP contribution is -2.67. The van der Waals surface area contributed by atoms with E-state index in [0.717, 1.165) is 32.1 Å². The Kier molecular flexibility index (Phi) is 5.51. The van der Waals surface area contributed by atoms with Crippen molar-refractivity contribution in [1.82, 2.24) is 10.2 Å². The van der Waals surface area contributed by atoms with Crippen LogP contribution in [-0.4, -0.2) is 50.0 Å². The van der Waals surface area contributed by atoms with Crippen LogP contribution in [0.4, 0.5) is 18.0 Å².